The third kappa shape index (κ3) is 6.95. The first-order valence-corrected chi connectivity index (χ1v) is 10.9. The minimum absolute atomic E-state index is 0.0695. The van der Waals surface area contributed by atoms with Crippen molar-refractivity contribution in [3.05, 3.63) is 56.6 Å². The SMILES string of the molecule is Cc1cc([N+](=O)[O-])c([PH](=O)OCCC(C)(C)C)cc1Oc1ccc(C(F)(F)F)cc1Cl. The van der Waals surface area contributed by atoms with Gasteiger partial charge in [-0.25, -0.2) is 0 Å². The van der Waals surface area contributed by atoms with Gasteiger partial charge in [0.15, 0.2) is 0 Å². The molecule has 0 aromatic heterocycles. The molecule has 0 saturated heterocycles. The van der Waals surface area contributed by atoms with Crippen LogP contribution in [0.4, 0.5) is 18.9 Å². The van der Waals surface area contributed by atoms with Crippen molar-refractivity contribution in [2.45, 2.75) is 40.3 Å². The number of hydrogen-bond donors (Lipinski definition) is 0. The predicted octanol–water partition coefficient (Wildman–Crippen LogP) is 6.92. The summed E-state index contributed by atoms with van der Waals surface area (Å²) in [6.07, 6.45) is -3.98. The van der Waals surface area contributed by atoms with Crippen LogP contribution in [0.1, 0.15) is 38.3 Å². The lowest BCUT2D eigenvalue weighted by Crippen LogP contribution is -2.11. The van der Waals surface area contributed by atoms with E-state index in [1.165, 1.54) is 19.1 Å². The van der Waals surface area contributed by atoms with E-state index in [0.29, 0.717) is 12.0 Å². The van der Waals surface area contributed by atoms with Gasteiger partial charge in [-0.05, 0) is 42.5 Å². The summed E-state index contributed by atoms with van der Waals surface area (Å²) in [6, 6.07) is 4.96. The van der Waals surface area contributed by atoms with E-state index >= 15 is 0 Å². The third-order valence-electron chi connectivity index (χ3n) is 4.27. The van der Waals surface area contributed by atoms with Crippen LogP contribution < -0.4 is 10.0 Å². The molecule has 2 aromatic carbocycles. The highest BCUT2D eigenvalue weighted by Gasteiger charge is 2.31. The highest BCUT2D eigenvalue weighted by molar-refractivity contribution is 7.48. The number of aryl methyl sites for hydroxylation is 1. The molecule has 0 aliphatic carbocycles. The normalized spacial score (nSPS) is 13.2. The van der Waals surface area contributed by atoms with Gasteiger partial charge in [0.2, 0.25) is 8.03 Å². The molecule has 0 aliphatic rings. The minimum atomic E-state index is -4.57. The summed E-state index contributed by atoms with van der Waals surface area (Å²) in [6.45, 7) is 7.58. The minimum Gasteiger partial charge on any atom is -0.455 e. The molecule has 0 saturated carbocycles. The van der Waals surface area contributed by atoms with Gasteiger partial charge in [-0.15, -0.1) is 0 Å². The van der Waals surface area contributed by atoms with Crippen LogP contribution in [0, 0.1) is 22.5 Å². The fraction of sp³-hybridized carbons (Fsp3) is 0.400. The number of ether oxygens (including phenoxy) is 1. The van der Waals surface area contributed by atoms with Crippen LogP contribution >= 0.6 is 19.6 Å². The summed E-state index contributed by atoms with van der Waals surface area (Å²) in [7, 11) is -2.98. The van der Waals surface area contributed by atoms with Crippen LogP contribution in [0.15, 0.2) is 30.3 Å². The van der Waals surface area contributed by atoms with E-state index in [4.69, 9.17) is 20.9 Å². The number of halogens is 4. The topological polar surface area (TPSA) is 78.7 Å². The lowest BCUT2D eigenvalue weighted by atomic mass is 9.93. The van der Waals surface area contributed by atoms with Crippen molar-refractivity contribution < 1.29 is 31.9 Å². The van der Waals surface area contributed by atoms with Gasteiger partial charge in [0.1, 0.15) is 16.8 Å². The van der Waals surface area contributed by atoms with Gasteiger partial charge in [-0.2, -0.15) is 13.2 Å². The molecule has 0 radical (unpaired) electrons. The molecule has 6 nitrogen and oxygen atoms in total. The summed E-state index contributed by atoms with van der Waals surface area (Å²) in [4.78, 5) is 10.8. The lowest BCUT2D eigenvalue weighted by molar-refractivity contribution is -0.383. The second-order valence-corrected chi connectivity index (χ2v) is 9.89. The molecule has 0 bridgehead atoms. The molecule has 2 rings (SSSR count). The van der Waals surface area contributed by atoms with E-state index in [9.17, 15) is 27.9 Å². The maximum atomic E-state index is 12.8. The summed E-state index contributed by atoms with van der Waals surface area (Å²) in [5.41, 5.74) is -1.09. The first kappa shape index (κ1) is 25.2. The summed E-state index contributed by atoms with van der Waals surface area (Å²) in [5.74, 6) is -0.00841. The van der Waals surface area contributed by atoms with Gasteiger partial charge < -0.3 is 9.26 Å². The Labute approximate surface area is 183 Å². The van der Waals surface area contributed by atoms with Crippen molar-refractivity contribution in [3.63, 3.8) is 0 Å². The highest BCUT2D eigenvalue weighted by atomic mass is 35.5. The van der Waals surface area contributed by atoms with E-state index in [1.807, 2.05) is 20.8 Å². The average molecular weight is 480 g/mol. The van der Waals surface area contributed by atoms with Crippen molar-refractivity contribution in [2.75, 3.05) is 6.61 Å². The quantitative estimate of drug-likeness (QED) is 0.244. The van der Waals surface area contributed by atoms with Crippen molar-refractivity contribution >= 4 is 30.6 Å². The van der Waals surface area contributed by atoms with Crippen LogP contribution in [0.5, 0.6) is 11.5 Å². The summed E-state index contributed by atoms with van der Waals surface area (Å²) in [5, 5.41) is 11.0. The zero-order valence-electron chi connectivity index (χ0n) is 17.3. The zero-order valence-corrected chi connectivity index (χ0v) is 19.1. The molecule has 0 heterocycles. The third-order valence-corrected chi connectivity index (χ3v) is 5.88. The number of alkyl halides is 3. The van der Waals surface area contributed by atoms with Gasteiger partial charge in [-0.1, -0.05) is 32.4 Å². The Morgan fingerprint density at radius 1 is 1.13 bits per heavy atom. The molecule has 170 valence electrons. The van der Waals surface area contributed by atoms with Crippen LogP contribution in [0.3, 0.4) is 0 Å². The number of benzene rings is 2. The maximum absolute atomic E-state index is 12.8. The number of nitro groups is 1. The molecule has 1 unspecified atom stereocenters. The Hall–Kier alpha value is -2.09. The lowest BCUT2D eigenvalue weighted by Gasteiger charge is -2.18. The summed E-state index contributed by atoms with van der Waals surface area (Å²) >= 11 is 5.92. The van der Waals surface area contributed by atoms with Crippen LogP contribution in [0.25, 0.3) is 0 Å². The molecule has 0 amide bonds. The fourth-order valence-corrected chi connectivity index (χ4v) is 3.79. The molecular formula is C20H22ClF3NO5P. The van der Waals surface area contributed by atoms with Crippen molar-refractivity contribution in [1.29, 1.82) is 0 Å². The fourth-order valence-electron chi connectivity index (χ4n) is 2.50. The van der Waals surface area contributed by atoms with Crippen LogP contribution in [0.2, 0.25) is 5.02 Å². The standard InChI is InChI=1S/C20H22ClF3NO5P/c1-12-9-15(25(26)27)18(31(28)29-8-7-19(2,3)4)11-17(12)30-16-6-5-13(10-14(16)21)20(22,23)24/h5-6,9-11,31H,7-8H2,1-4H3. The van der Waals surface area contributed by atoms with Gasteiger partial charge in [0, 0.05) is 12.1 Å². The first-order chi connectivity index (χ1) is 14.2. The van der Waals surface area contributed by atoms with Crippen LogP contribution in [-0.2, 0) is 15.3 Å². The highest BCUT2D eigenvalue weighted by Crippen LogP contribution is 2.39. The van der Waals surface area contributed by atoms with E-state index in [1.54, 1.807) is 0 Å². The average Bonchev–Trinajstić information content (AvgIpc) is 2.62. The second kappa shape index (κ2) is 9.59. The molecule has 0 N–H and O–H groups in total. The van der Waals surface area contributed by atoms with Gasteiger partial charge >= 0.3 is 6.18 Å². The van der Waals surface area contributed by atoms with E-state index in [0.717, 1.165) is 18.2 Å². The molecule has 1 atom stereocenters. The molecule has 0 spiro atoms. The second-order valence-electron chi connectivity index (χ2n) is 8.08. The van der Waals surface area contributed by atoms with E-state index in [2.05, 4.69) is 0 Å². The van der Waals surface area contributed by atoms with E-state index < -0.39 is 24.7 Å². The molecule has 31 heavy (non-hydrogen) atoms. The number of nitro benzene ring substituents is 1. The molecular weight excluding hydrogens is 458 g/mol. The predicted molar refractivity (Wildman–Crippen MR) is 113 cm³/mol. The number of nitrogens with zero attached hydrogens (tertiary/aromatic N) is 1. The van der Waals surface area contributed by atoms with Crippen molar-refractivity contribution in [1.82, 2.24) is 0 Å². The molecule has 11 heteroatoms. The van der Waals surface area contributed by atoms with Crippen molar-refractivity contribution in [2.24, 2.45) is 5.41 Å². The largest absolute Gasteiger partial charge is 0.455 e. The molecule has 0 fully saturated rings. The van der Waals surface area contributed by atoms with Gasteiger partial charge in [0.25, 0.3) is 5.69 Å². The monoisotopic (exact) mass is 479 g/mol. The Morgan fingerprint density at radius 3 is 2.29 bits per heavy atom. The van der Waals surface area contributed by atoms with E-state index in [-0.39, 0.29) is 39.5 Å². The molecule has 0 aliphatic heterocycles. The molecule has 2 aromatic rings. The smallest absolute Gasteiger partial charge is 0.416 e. The zero-order chi connectivity index (χ0) is 23.6. The Bertz CT molecular complexity index is 1010. The van der Waals surface area contributed by atoms with Gasteiger partial charge in [-0.3, -0.25) is 14.7 Å². The van der Waals surface area contributed by atoms with Gasteiger partial charge in [0.05, 0.1) is 22.1 Å². The Balaban J connectivity index is 2.36. The number of rotatable bonds is 7. The summed E-state index contributed by atoms with van der Waals surface area (Å²) < 4.78 is 62.0. The van der Waals surface area contributed by atoms with Crippen molar-refractivity contribution in [3.8, 4) is 11.5 Å². The van der Waals surface area contributed by atoms with Crippen LogP contribution in [-0.4, -0.2) is 11.5 Å². The first-order valence-electron chi connectivity index (χ1n) is 9.20. The number of hydrogen-bond acceptors (Lipinski definition) is 5. The maximum Gasteiger partial charge on any atom is 0.416 e. The Kier molecular flexibility index (Phi) is 7.79. The Morgan fingerprint density at radius 2 is 1.77 bits per heavy atom.